The van der Waals surface area contributed by atoms with E-state index in [1.165, 1.54) is 0 Å². The Labute approximate surface area is 247 Å². The fourth-order valence-electron chi connectivity index (χ4n) is 5.15. The van der Waals surface area contributed by atoms with Crippen LogP contribution in [-0.2, 0) is 38.8 Å². The molecule has 5 aromatic rings. The minimum absolute atomic E-state index is 0.265. The highest BCUT2D eigenvalue weighted by molar-refractivity contribution is 7.21. The number of ether oxygens (including phenoxy) is 4. The van der Waals surface area contributed by atoms with Crippen molar-refractivity contribution in [3.63, 3.8) is 0 Å². The molecule has 3 heterocycles. The molecule has 216 valence electrons. The van der Waals surface area contributed by atoms with Crippen LogP contribution in [0.1, 0.15) is 32.6 Å². The van der Waals surface area contributed by atoms with Gasteiger partial charge in [-0.25, -0.2) is 4.98 Å². The van der Waals surface area contributed by atoms with Crippen LogP contribution < -0.4 is 11.5 Å². The van der Waals surface area contributed by atoms with Crippen molar-refractivity contribution in [2.75, 3.05) is 12.3 Å². The van der Waals surface area contributed by atoms with Gasteiger partial charge in [-0.15, -0.1) is 11.3 Å². The largest absolute Gasteiger partial charge is 0.396 e. The van der Waals surface area contributed by atoms with Gasteiger partial charge in [0, 0.05) is 0 Å². The second kappa shape index (κ2) is 12.8. The lowest BCUT2D eigenvalue weighted by Crippen LogP contribution is -2.38. The first-order valence-corrected chi connectivity index (χ1v) is 14.5. The monoisotopic (exact) mass is 584 g/mol. The Bertz CT molecular complexity index is 1610. The third-order valence-corrected chi connectivity index (χ3v) is 8.32. The molecule has 10 heteroatoms. The molecule has 4 atom stereocenters. The highest BCUT2D eigenvalue weighted by Crippen LogP contribution is 2.40. The summed E-state index contributed by atoms with van der Waals surface area (Å²) >= 11 is 1.16. The van der Waals surface area contributed by atoms with Gasteiger partial charge in [-0.1, -0.05) is 91.0 Å². The van der Waals surface area contributed by atoms with Crippen molar-refractivity contribution < 1.29 is 23.7 Å². The summed E-state index contributed by atoms with van der Waals surface area (Å²) in [6, 6.07) is 29.9. The zero-order valence-electron chi connectivity index (χ0n) is 22.9. The van der Waals surface area contributed by atoms with Crippen molar-refractivity contribution in [3.05, 3.63) is 119 Å². The molecule has 0 saturated carbocycles. The molecule has 1 aliphatic rings. The Hall–Kier alpha value is -4.06. The first-order chi connectivity index (χ1) is 20.6. The molecule has 0 unspecified atom stereocenters. The summed E-state index contributed by atoms with van der Waals surface area (Å²) < 4.78 is 27.8. The smallest absolute Gasteiger partial charge is 0.261 e. The molecule has 1 amide bonds. The zero-order valence-corrected chi connectivity index (χ0v) is 23.7. The van der Waals surface area contributed by atoms with Crippen LogP contribution in [-0.4, -0.2) is 40.4 Å². The molecule has 4 N–H and O–H groups in total. The number of aromatic nitrogens is 2. The molecule has 3 aromatic carbocycles. The number of rotatable bonds is 12. The number of nitrogen functional groups attached to an aromatic ring is 1. The molecule has 0 bridgehead atoms. The predicted octanol–water partition coefficient (Wildman–Crippen LogP) is 5.06. The van der Waals surface area contributed by atoms with E-state index in [2.05, 4.69) is 4.98 Å². The fraction of sp³-hybridized carbons (Fsp3) is 0.250. The number of primary amides is 1. The minimum Gasteiger partial charge on any atom is -0.396 e. The summed E-state index contributed by atoms with van der Waals surface area (Å²) in [5.74, 6) is -0.595. The van der Waals surface area contributed by atoms with Gasteiger partial charge in [-0.2, -0.15) is 0 Å². The van der Waals surface area contributed by atoms with Gasteiger partial charge in [0.05, 0.1) is 38.4 Å². The molecular weight excluding hydrogens is 552 g/mol. The molecule has 0 radical (unpaired) electrons. The van der Waals surface area contributed by atoms with Crippen molar-refractivity contribution in [2.45, 2.75) is 44.4 Å². The Morgan fingerprint density at radius 1 is 0.833 bits per heavy atom. The van der Waals surface area contributed by atoms with E-state index in [-0.39, 0.29) is 17.2 Å². The molecule has 6 rings (SSSR count). The van der Waals surface area contributed by atoms with Crippen LogP contribution in [0.2, 0.25) is 0 Å². The number of thiophene rings is 1. The third-order valence-electron chi connectivity index (χ3n) is 7.21. The first kappa shape index (κ1) is 28.1. The van der Waals surface area contributed by atoms with E-state index >= 15 is 0 Å². The number of benzene rings is 3. The van der Waals surface area contributed by atoms with E-state index in [0.717, 1.165) is 28.0 Å². The number of nitrogens with two attached hydrogens (primary N) is 2. The molecule has 2 aromatic heterocycles. The maximum Gasteiger partial charge on any atom is 0.261 e. The molecule has 42 heavy (non-hydrogen) atoms. The summed E-state index contributed by atoms with van der Waals surface area (Å²) in [5.41, 5.74) is 16.0. The van der Waals surface area contributed by atoms with E-state index in [9.17, 15) is 4.79 Å². The standard InChI is InChI=1S/C32H32N4O5S/c33-25-26-31(42-29(25)30(34)37)35-20-36(26)32-28(40-18-23-14-8-3-9-15-23)27(39-17-22-12-6-2-7-13-22)24(41-32)19-38-16-21-10-4-1-5-11-21/h1-15,20,24,27-28,32H,16-19,33H2,(H2,34,37)/t24-,27-,28-,32-/m1/s1. The van der Waals surface area contributed by atoms with Crippen molar-refractivity contribution in [1.82, 2.24) is 9.55 Å². The summed E-state index contributed by atoms with van der Waals surface area (Å²) in [4.78, 5) is 17.4. The molecular formula is C32H32N4O5S. The number of hydrogen-bond donors (Lipinski definition) is 2. The van der Waals surface area contributed by atoms with Gasteiger partial charge >= 0.3 is 0 Å². The number of carbonyl (C=O) groups is 1. The van der Waals surface area contributed by atoms with Crippen LogP contribution in [0.15, 0.2) is 97.3 Å². The van der Waals surface area contributed by atoms with Crippen LogP contribution in [0.25, 0.3) is 10.3 Å². The number of imidazole rings is 1. The molecule has 1 fully saturated rings. The van der Waals surface area contributed by atoms with Crippen LogP contribution in [0.4, 0.5) is 5.69 Å². The summed E-state index contributed by atoms with van der Waals surface area (Å²) in [5, 5.41) is 0. The van der Waals surface area contributed by atoms with Crippen LogP contribution in [0.3, 0.4) is 0 Å². The molecule has 0 aliphatic carbocycles. The third kappa shape index (κ3) is 6.08. The summed E-state index contributed by atoms with van der Waals surface area (Å²) in [7, 11) is 0. The van der Waals surface area contributed by atoms with Crippen molar-refractivity contribution >= 4 is 33.3 Å². The van der Waals surface area contributed by atoms with Crippen molar-refractivity contribution in [2.24, 2.45) is 5.73 Å². The summed E-state index contributed by atoms with van der Waals surface area (Å²) in [6.45, 7) is 1.42. The van der Waals surface area contributed by atoms with Crippen molar-refractivity contribution in [3.8, 4) is 0 Å². The number of carbonyl (C=O) groups excluding carboxylic acids is 1. The Balaban J connectivity index is 1.32. The zero-order chi connectivity index (χ0) is 28.9. The fourth-order valence-corrected chi connectivity index (χ4v) is 6.07. The molecule has 0 spiro atoms. The van der Waals surface area contributed by atoms with E-state index in [1.54, 1.807) is 6.33 Å². The van der Waals surface area contributed by atoms with Gasteiger partial charge < -0.3 is 30.4 Å². The van der Waals surface area contributed by atoms with Crippen LogP contribution in [0, 0.1) is 0 Å². The molecule has 1 saturated heterocycles. The molecule has 9 nitrogen and oxygen atoms in total. The Kier molecular flexibility index (Phi) is 8.59. The predicted molar refractivity (Wildman–Crippen MR) is 161 cm³/mol. The quantitative estimate of drug-likeness (QED) is 0.210. The van der Waals surface area contributed by atoms with Crippen molar-refractivity contribution in [1.29, 1.82) is 0 Å². The lowest BCUT2D eigenvalue weighted by molar-refractivity contribution is -0.0913. The highest BCUT2D eigenvalue weighted by atomic mass is 32.1. The average Bonchev–Trinajstić information content (AvgIpc) is 3.69. The second-order valence-electron chi connectivity index (χ2n) is 10.1. The van der Waals surface area contributed by atoms with Gasteiger partial charge in [-0.3, -0.25) is 9.36 Å². The maximum absolute atomic E-state index is 12.0. The lowest BCUT2D eigenvalue weighted by atomic mass is 10.1. The SMILES string of the molecule is NC(=O)c1sc2ncn([C@@H]3O[C@H](COCc4ccccc4)[C@@H](OCc4ccccc4)[C@H]3OCc3ccccc3)c2c1N. The van der Waals surface area contributed by atoms with Gasteiger partial charge in [0.25, 0.3) is 5.91 Å². The summed E-state index contributed by atoms with van der Waals surface area (Å²) in [6.07, 6.45) is -0.484. The number of nitrogens with zero attached hydrogens (tertiary/aromatic N) is 2. The van der Waals surface area contributed by atoms with E-state index in [1.807, 2.05) is 95.6 Å². The minimum atomic E-state index is -0.651. The highest BCUT2D eigenvalue weighted by Gasteiger charge is 2.48. The Morgan fingerprint density at radius 3 is 1.95 bits per heavy atom. The van der Waals surface area contributed by atoms with Crippen LogP contribution >= 0.6 is 11.3 Å². The topological polar surface area (TPSA) is 124 Å². The average molecular weight is 585 g/mol. The normalized spacial score (nSPS) is 20.3. The van der Waals surface area contributed by atoms with E-state index in [4.69, 9.17) is 30.4 Å². The number of amides is 1. The number of anilines is 1. The number of fused-ring (bicyclic) bond motifs is 1. The van der Waals surface area contributed by atoms with Gasteiger partial charge in [0.1, 0.15) is 33.5 Å². The number of hydrogen-bond acceptors (Lipinski definition) is 8. The Morgan fingerprint density at radius 2 is 1.38 bits per heavy atom. The van der Waals surface area contributed by atoms with E-state index < -0.39 is 30.4 Å². The maximum atomic E-state index is 12.0. The van der Waals surface area contributed by atoms with E-state index in [0.29, 0.717) is 30.2 Å². The first-order valence-electron chi connectivity index (χ1n) is 13.7. The van der Waals surface area contributed by atoms with Crippen LogP contribution in [0.5, 0.6) is 0 Å². The van der Waals surface area contributed by atoms with Gasteiger partial charge in [-0.05, 0) is 16.7 Å². The molecule has 1 aliphatic heterocycles. The van der Waals surface area contributed by atoms with Gasteiger partial charge in [0.2, 0.25) is 0 Å². The second-order valence-corrected chi connectivity index (χ2v) is 11.1. The lowest BCUT2D eigenvalue weighted by Gasteiger charge is -2.25. The van der Waals surface area contributed by atoms with Gasteiger partial charge in [0.15, 0.2) is 6.23 Å².